The highest BCUT2D eigenvalue weighted by Gasteiger charge is 2.25. The Kier molecular flexibility index (Phi) is 4.55. The van der Waals surface area contributed by atoms with Gasteiger partial charge >= 0.3 is 0 Å². The number of hydrogen-bond acceptors (Lipinski definition) is 1. The highest BCUT2D eigenvalue weighted by atomic mass is 35.5. The fourth-order valence-corrected chi connectivity index (χ4v) is 2.92. The van der Waals surface area contributed by atoms with Crippen LogP contribution in [0.25, 0.3) is 0 Å². The average Bonchev–Trinajstić information content (AvgIpc) is 2.34. The number of rotatable bonds is 3. The second-order valence-electron chi connectivity index (χ2n) is 5.37. The molecule has 0 spiro atoms. The summed E-state index contributed by atoms with van der Waals surface area (Å²) < 4.78 is 6.07. The van der Waals surface area contributed by atoms with E-state index in [2.05, 4.69) is 26.0 Å². The third kappa shape index (κ3) is 3.51. The molecule has 0 fully saturated rings. The first kappa shape index (κ1) is 13.0. The van der Waals surface area contributed by atoms with Crippen molar-refractivity contribution in [2.24, 2.45) is 5.92 Å². The van der Waals surface area contributed by atoms with Gasteiger partial charge in [-0.15, -0.1) is 11.6 Å². The van der Waals surface area contributed by atoms with Crippen LogP contribution in [0.2, 0.25) is 0 Å². The van der Waals surface area contributed by atoms with E-state index in [4.69, 9.17) is 16.3 Å². The van der Waals surface area contributed by atoms with Gasteiger partial charge in [-0.3, -0.25) is 0 Å². The minimum absolute atomic E-state index is 0.0546. The summed E-state index contributed by atoms with van der Waals surface area (Å²) >= 11 is 6.38. The molecular formula is C15H23ClO. The lowest BCUT2D eigenvalue weighted by Gasteiger charge is -2.29. The molecule has 17 heavy (non-hydrogen) atoms. The third-order valence-corrected chi connectivity index (χ3v) is 4.30. The predicted octanol–water partition coefficient (Wildman–Crippen LogP) is 4.81. The van der Waals surface area contributed by atoms with Crippen molar-refractivity contribution in [3.05, 3.63) is 23.5 Å². The van der Waals surface area contributed by atoms with Crippen molar-refractivity contribution in [2.75, 3.05) is 0 Å². The Morgan fingerprint density at radius 2 is 2.18 bits per heavy atom. The van der Waals surface area contributed by atoms with E-state index in [9.17, 15) is 0 Å². The summed E-state index contributed by atoms with van der Waals surface area (Å²) in [5, 5.41) is 0.0546. The second-order valence-corrected chi connectivity index (χ2v) is 5.87. The van der Waals surface area contributed by atoms with Crippen molar-refractivity contribution in [1.29, 1.82) is 0 Å². The zero-order valence-electron chi connectivity index (χ0n) is 10.9. The maximum absolute atomic E-state index is 6.38. The number of ether oxygens (including phenoxy) is 1. The minimum Gasteiger partial charge on any atom is -0.493 e. The van der Waals surface area contributed by atoms with Crippen molar-refractivity contribution < 1.29 is 4.74 Å². The monoisotopic (exact) mass is 254 g/mol. The molecule has 3 unspecified atom stereocenters. The van der Waals surface area contributed by atoms with Gasteiger partial charge in [0.1, 0.15) is 6.10 Å². The maximum Gasteiger partial charge on any atom is 0.118 e. The van der Waals surface area contributed by atoms with Crippen LogP contribution in [0, 0.1) is 5.92 Å². The molecule has 0 bridgehead atoms. The first-order valence-electron chi connectivity index (χ1n) is 6.88. The van der Waals surface area contributed by atoms with Crippen LogP contribution in [0.3, 0.4) is 0 Å². The molecule has 0 aromatic heterocycles. The Hall–Kier alpha value is -0.430. The van der Waals surface area contributed by atoms with Gasteiger partial charge in [0.25, 0.3) is 0 Å². The topological polar surface area (TPSA) is 9.23 Å². The molecule has 0 saturated heterocycles. The quantitative estimate of drug-likeness (QED) is 0.519. The molecule has 96 valence electrons. The van der Waals surface area contributed by atoms with E-state index in [1.165, 1.54) is 17.8 Å². The van der Waals surface area contributed by atoms with E-state index in [-0.39, 0.29) is 11.5 Å². The summed E-state index contributed by atoms with van der Waals surface area (Å²) in [4.78, 5) is 0. The smallest absolute Gasteiger partial charge is 0.118 e. The number of allylic oxidation sites excluding steroid dienone is 3. The van der Waals surface area contributed by atoms with Crippen molar-refractivity contribution in [3.63, 3.8) is 0 Å². The van der Waals surface area contributed by atoms with Crippen LogP contribution in [0.15, 0.2) is 23.5 Å². The van der Waals surface area contributed by atoms with Crippen LogP contribution in [0.4, 0.5) is 0 Å². The summed E-state index contributed by atoms with van der Waals surface area (Å²) in [6.45, 7) is 4.50. The first-order valence-corrected chi connectivity index (χ1v) is 7.32. The fraction of sp³-hybridized carbons (Fsp3) is 0.733. The summed E-state index contributed by atoms with van der Waals surface area (Å²) in [5.41, 5.74) is 1.48. The van der Waals surface area contributed by atoms with Gasteiger partial charge < -0.3 is 4.74 Å². The molecule has 2 aliphatic carbocycles. The van der Waals surface area contributed by atoms with Gasteiger partial charge in [0.15, 0.2) is 0 Å². The van der Waals surface area contributed by atoms with E-state index in [1.807, 2.05) is 0 Å². The Morgan fingerprint density at radius 1 is 1.35 bits per heavy atom. The van der Waals surface area contributed by atoms with Gasteiger partial charge in [0.2, 0.25) is 0 Å². The van der Waals surface area contributed by atoms with Gasteiger partial charge in [-0.1, -0.05) is 25.5 Å². The average molecular weight is 255 g/mol. The molecule has 0 aromatic carbocycles. The van der Waals surface area contributed by atoms with Crippen LogP contribution in [-0.4, -0.2) is 11.5 Å². The standard InChI is InChI=1S/C15H23ClO/c1-3-12-6-9-15(14(16)10-12)17-13-7-4-11(2)5-8-13/h7,10-11,14-15H,3-6,8-9H2,1-2H3. The molecule has 0 radical (unpaired) electrons. The summed E-state index contributed by atoms with van der Waals surface area (Å²) in [6, 6.07) is 0. The van der Waals surface area contributed by atoms with E-state index >= 15 is 0 Å². The number of halogens is 1. The van der Waals surface area contributed by atoms with Crippen LogP contribution in [0.5, 0.6) is 0 Å². The van der Waals surface area contributed by atoms with Gasteiger partial charge in [-0.05, 0) is 44.1 Å². The normalized spacial score (nSPS) is 33.9. The van der Waals surface area contributed by atoms with E-state index in [0.29, 0.717) is 0 Å². The molecule has 2 aliphatic rings. The highest BCUT2D eigenvalue weighted by Crippen LogP contribution is 2.31. The Labute approximate surface area is 110 Å². The van der Waals surface area contributed by atoms with Crippen molar-refractivity contribution >= 4 is 11.6 Å². The second kappa shape index (κ2) is 5.95. The highest BCUT2D eigenvalue weighted by molar-refractivity contribution is 6.22. The van der Waals surface area contributed by atoms with Gasteiger partial charge in [-0.2, -0.15) is 0 Å². The molecular weight excluding hydrogens is 232 g/mol. The molecule has 0 N–H and O–H groups in total. The molecule has 0 aliphatic heterocycles. The zero-order chi connectivity index (χ0) is 12.3. The first-order chi connectivity index (χ1) is 8.19. The Bertz CT molecular complexity index is 319. The van der Waals surface area contributed by atoms with Crippen LogP contribution >= 0.6 is 11.6 Å². The van der Waals surface area contributed by atoms with Crippen LogP contribution in [-0.2, 0) is 4.74 Å². The Balaban J connectivity index is 1.90. The van der Waals surface area contributed by atoms with Crippen molar-refractivity contribution in [1.82, 2.24) is 0 Å². The summed E-state index contributed by atoms with van der Waals surface area (Å²) in [6.07, 6.45) is 11.5. The summed E-state index contributed by atoms with van der Waals surface area (Å²) in [7, 11) is 0. The van der Waals surface area contributed by atoms with Crippen LogP contribution < -0.4 is 0 Å². The van der Waals surface area contributed by atoms with Crippen LogP contribution in [0.1, 0.15) is 52.4 Å². The lowest BCUT2D eigenvalue weighted by atomic mass is 9.93. The third-order valence-electron chi connectivity index (χ3n) is 3.89. The molecule has 0 saturated carbocycles. The van der Waals surface area contributed by atoms with E-state index < -0.39 is 0 Å². The zero-order valence-corrected chi connectivity index (χ0v) is 11.7. The predicted molar refractivity (Wildman–Crippen MR) is 73.2 cm³/mol. The number of hydrogen-bond donors (Lipinski definition) is 0. The molecule has 2 heteroatoms. The molecule has 1 nitrogen and oxygen atoms in total. The number of alkyl halides is 1. The maximum atomic E-state index is 6.38. The van der Waals surface area contributed by atoms with E-state index in [1.54, 1.807) is 0 Å². The van der Waals surface area contributed by atoms with E-state index in [0.717, 1.165) is 38.0 Å². The fourth-order valence-electron chi connectivity index (χ4n) is 2.56. The molecule has 2 rings (SSSR count). The molecule has 0 aromatic rings. The molecule has 0 amide bonds. The van der Waals surface area contributed by atoms with Crippen molar-refractivity contribution in [2.45, 2.75) is 63.9 Å². The lowest BCUT2D eigenvalue weighted by Crippen LogP contribution is -2.27. The SMILES string of the molecule is CCC1=CC(Cl)C(OC2=CCC(C)CC2)CC1. The Morgan fingerprint density at radius 3 is 2.76 bits per heavy atom. The lowest BCUT2D eigenvalue weighted by molar-refractivity contribution is 0.0960. The van der Waals surface area contributed by atoms with Crippen molar-refractivity contribution in [3.8, 4) is 0 Å². The van der Waals surface area contributed by atoms with Gasteiger partial charge in [0, 0.05) is 6.42 Å². The van der Waals surface area contributed by atoms with Gasteiger partial charge in [0.05, 0.1) is 11.1 Å². The molecule has 0 heterocycles. The van der Waals surface area contributed by atoms with Gasteiger partial charge in [-0.25, -0.2) is 0 Å². The molecule has 3 atom stereocenters. The largest absolute Gasteiger partial charge is 0.493 e. The summed E-state index contributed by atoms with van der Waals surface area (Å²) in [5.74, 6) is 1.99. The minimum atomic E-state index is 0.0546.